The smallest absolute Gasteiger partial charge is 0.434 e. The van der Waals surface area contributed by atoms with E-state index in [-0.39, 0.29) is 0 Å². The highest BCUT2D eigenvalue weighted by Gasteiger charge is 2.13. The number of aryl methyl sites for hydroxylation is 2. The summed E-state index contributed by atoms with van der Waals surface area (Å²) >= 11 is 0. The first-order valence-electron chi connectivity index (χ1n) is 10.7. The fraction of sp³-hybridized carbons (Fsp3) is 0.480. The van der Waals surface area contributed by atoms with Crippen LogP contribution >= 0.6 is 0 Å². The predicted molar refractivity (Wildman–Crippen MR) is 115 cm³/mol. The van der Waals surface area contributed by atoms with E-state index in [0.717, 1.165) is 57.8 Å². The quantitative estimate of drug-likeness (QED) is 0.227. The minimum absolute atomic E-state index is 0.394. The molecule has 0 atom stereocenters. The number of benzene rings is 2. The van der Waals surface area contributed by atoms with Crippen LogP contribution in [0.3, 0.4) is 0 Å². The Balaban J connectivity index is 1.82. The molecule has 28 heavy (non-hydrogen) atoms. The van der Waals surface area contributed by atoms with E-state index in [0.29, 0.717) is 12.4 Å². The highest BCUT2D eigenvalue weighted by atomic mass is 16.7. The zero-order valence-electron chi connectivity index (χ0n) is 17.4. The summed E-state index contributed by atoms with van der Waals surface area (Å²) in [6, 6.07) is 16.4. The molecule has 0 unspecified atom stereocenters. The lowest BCUT2D eigenvalue weighted by atomic mass is 9.97. The molecule has 0 N–H and O–H groups in total. The molecule has 0 aromatic heterocycles. The van der Waals surface area contributed by atoms with E-state index in [1.807, 2.05) is 30.3 Å². The van der Waals surface area contributed by atoms with Crippen molar-refractivity contribution in [2.75, 3.05) is 6.61 Å². The minimum Gasteiger partial charge on any atom is -0.434 e. The molecule has 3 heteroatoms. The second-order valence-electron chi connectivity index (χ2n) is 7.24. The molecule has 0 aliphatic carbocycles. The van der Waals surface area contributed by atoms with Crippen LogP contribution in [0.1, 0.15) is 69.1 Å². The van der Waals surface area contributed by atoms with Gasteiger partial charge in [-0.05, 0) is 67.7 Å². The van der Waals surface area contributed by atoms with Crippen molar-refractivity contribution in [1.82, 2.24) is 0 Å². The summed E-state index contributed by atoms with van der Waals surface area (Å²) < 4.78 is 10.9. The van der Waals surface area contributed by atoms with E-state index < -0.39 is 6.16 Å². The Morgan fingerprint density at radius 3 is 2.29 bits per heavy atom. The van der Waals surface area contributed by atoms with Crippen molar-refractivity contribution >= 4 is 6.16 Å². The zero-order valence-corrected chi connectivity index (χ0v) is 17.4. The van der Waals surface area contributed by atoms with Gasteiger partial charge in [-0.15, -0.1) is 0 Å². The van der Waals surface area contributed by atoms with Gasteiger partial charge in [0.2, 0.25) is 0 Å². The Bertz CT molecular complexity index is 694. The molecule has 0 amide bonds. The fourth-order valence-electron chi connectivity index (χ4n) is 3.30. The van der Waals surface area contributed by atoms with E-state index in [9.17, 15) is 4.79 Å². The first-order valence-corrected chi connectivity index (χ1v) is 10.7. The van der Waals surface area contributed by atoms with Gasteiger partial charge in [0.25, 0.3) is 0 Å². The molecule has 0 saturated carbocycles. The molecule has 2 aromatic carbocycles. The molecule has 0 aliphatic heterocycles. The minimum atomic E-state index is -0.592. The number of unbranched alkanes of at least 4 members (excludes halogenated alkanes) is 3. The van der Waals surface area contributed by atoms with E-state index in [4.69, 9.17) is 9.47 Å². The zero-order chi connectivity index (χ0) is 20.0. The van der Waals surface area contributed by atoms with Gasteiger partial charge in [-0.2, -0.15) is 0 Å². The van der Waals surface area contributed by atoms with Crippen LogP contribution in [-0.4, -0.2) is 12.8 Å². The van der Waals surface area contributed by atoms with E-state index >= 15 is 0 Å². The van der Waals surface area contributed by atoms with E-state index in [2.05, 4.69) is 32.0 Å². The van der Waals surface area contributed by atoms with Gasteiger partial charge >= 0.3 is 6.16 Å². The molecular weight excluding hydrogens is 348 g/mol. The monoisotopic (exact) mass is 382 g/mol. The summed E-state index contributed by atoms with van der Waals surface area (Å²) in [5, 5.41) is 0. The van der Waals surface area contributed by atoms with Crippen molar-refractivity contribution in [1.29, 1.82) is 0 Å². The van der Waals surface area contributed by atoms with Crippen LogP contribution in [-0.2, 0) is 24.0 Å². The largest absolute Gasteiger partial charge is 0.513 e. The third-order valence-electron chi connectivity index (χ3n) is 4.93. The number of ether oxygens (including phenoxy) is 2. The lowest BCUT2D eigenvalue weighted by Gasteiger charge is -2.14. The van der Waals surface area contributed by atoms with Gasteiger partial charge in [-0.1, -0.05) is 69.2 Å². The average Bonchev–Trinajstić information content (AvgIpc) is 2.72. The second kappa shape index (κ2) is 13.0. The third kappa shape index (κ3) is 7.75. The van der Waals surface area contributed by atoms with Gasteiger partial charge in [0.05, 0.1) is 6.61 Å². The Morgan fingerprint density at radius 2 is 1.54 bits per heavy atom. The van der Waals surface area contributed by atoms with Crippen LogP contribution in [0.25, 0.3) is 0 Å². The Kier molecular flexibility index (Phi) is 10.2. The van der Waals surface area contributed by atoms with Crippen molar-refractivity contribution in [2.45, 2.75) is 71.6 Å². The van der Waals surface area contributed by atoms with Gasteiger partial charge in [0.1, 0.15) is 5.75 Å². The maximum atomic E-state index is 12.2. The van der Waals surface area contributed by atoms with Crippen LogP contribution in [0.4, 0.5) is 4.79 Å². The van der Waals surface area contributed by atoms with Crippen LogP contribution < -0.4 is 4.74 Å². The van der Waals surface area contributed by atoms with Gasteiger partial charge in [0.15, 0.2) is 0 Å². The fourth-order valence-corrected chi connectivity index (χ4v) is 3.30. The SMILES string of the molecule is CCCCc1cccc(OC(=O)OCCCCc2ccccc2)c1CCCC. The molecule has 2 rings (SSSR count). The summed E-state index contributed by atoms with van der Waals surface area (Å²) in [4.78, 5) is 12.2. The lowest BCUT2D eigenvalue weighted by Crippen LogP contribution is -2.13. The Labute approximate surface area is 170 Å². The summed E-state index contributed by atoms with van der Waals surface area (Å²) in [7, 11) is 0. The van der Waals surface area contributed by atoms with Crippen molar-refractivity contribution < 1.29 is 14.3 Å². The molecule has 0 saturated heterocycles. The molecule has 0 heterocycles. The number of carbonyl (C=O) groups is 1. The third-order valence-corrected chi connectivity index (χ3v) is 4.93. The average molecular weight is 383 g/mol. The van der Waals surface area contributed by atoms with Crippen molar-refractivity contribution in [2.24, 2.45) is 0 Å². The molecule has 0 radical (unpaired) electrons. The highest BCUT2D eigenvalue weighted by Crippen LogP contribution is 2.26. The van der Waals surface area contributed by atoms with Gasteiger partial charge in [-0.3, -0.25) is 0 Å². The number of hydrogen-bond donors (Lipinski definition) is 0. The molecular formula is C25H34O3. The molecule has 152 valence electrons. The maximum absolute atomic E-state index is 12.2. The maximum Gasteiger partial charge on any atom is 0.513 e. The van der Waals surface area contributed by atoms with E-state index in [1.165, 1.54) is 16.7 Å². The van der Waals surface area contributed by atoms with Gasteiger partial charge in [0, 0.05) is 0 Å². The molecule has 2 aromatic rings. The van der Waals surface area contributed by atoms with E-state index in [1.54, 1.807) is 0 Å². The summed E-state index contributed by atoms with van der Waals surface area (Å²) in [6.45, 7) is 4.77. The molecule has 0 fully saturated rings. The standard InChI is InChI=1S/C25H34O3/c1-3-5-16-22-17-12-19-24(23(22)18-6-4-2)28-25(26)27-20-11-10-15-21-13-8-7-9-14-21/h7-9,12-14,17,19H,3-6,10-11,15-16,18,20H2,1-2H3. The lowest BCUT2D eigenvalue weighted by molar-refractivity contribution is 0.0971. The van der Waals surface area contributed by atoms with Crippen molar-refractivity contribution in [3.63, 3.8) is 0 Å². The normalized spacial score (nSPS) is 10.6. The molecule has 0 aliphatic rings. The number of rotatable bonds is 12. The van der Waals surface area contributed by atoms with Crippen molar-refractivity contribution in [3.05, 3.63) is 65.2 Å². The van der Waals surface area contributed by atoms with Crippen molar-refractivity contribution in [3.8, 4) is 5.75 Å². The summed E-state index contributed by atoms with van der Waals surface area (Å²) in [6.07, 6.45) is 8.72. The topological polar surface area (TPSA) is 35.5 Å². The molecule has 0 bridgehead atoms. The van der Waals surface area contributed by atoms with Crippen LogP contribution in [0, 0.1) is 0 Å². The van der Waals surface area contributed by atoms with Crippen LogP contribution in [0.2, 0.25) is 0 Å². The number of hydrogen-bond acceptors (Lipinski definition) is 3. The Morgan fingerprint density at radius 1 is 0.786 bits per heavy atom. The first kappa shape index (κ1) is 22.0. The van der Waals surface area contributed by atoms with Gasteiger partial charge in [-0.25, -0.2) is 4.79 Å². The predicted octanol–water partition coefficient (Wildman–Crippen LogP) is 6.91. The van der Waals surface area contributed by atoms with Gasteiger partial charge < -0.3 is 9.47 Å². The molecule has 0 spiro atoms. The first-order chi connectivity index (χ1) is 13.7. The highest BCUT2D eigenvalue weighted by molar-refractivity contribution is 5.65. The number of carbonyl (C=O) groups excluding carboxylic acids is 1. The second-order valence-corrected chi connectivity index (χ2v) is 7.24. The Hall–Kier alpha value is -2.29. The summed E-state index contributed by atoms with van der Waals surface area (Å²) in [5.41, 5.74) is 3.77. The van der Waals surface area contributed by atoms with Crippen LogP contribution in [0.5, 0.6) is 5.75 Å². The summed E-state index contributed by atoms with van der Waals surface area (Å²) in [5.74, 6) is 0.663. The van der Waals surface area contributed by atoms with Crippen LogP contribution in [0.15, 0.2) is 48.5 Å². The molecule has 3 nitrogen and oxygen atoms in total.